The van der Waals surface area contributed by atoms with Gasteiger partial charge in [0.05, 0.1) is 0 Å². The van der Waals surface area contributed by atoms with Crippen LogP contribution in [0.25, 0.3) is 0 Å². The first-order valence-electron chi connectivity index (χ1n) is 5.50. The van der Waals surface area contributed by atoms with Gasteiger partial charge in [0.25, 0.3) is 0 Å². The van der Waals surface area contributed by atoms with Crippen LogP contribution in [-0.4, -0.2) is 0 Å². The number of anilines is 1. The SMILES string of the molecule is Cc1ccc(CNc2cc(Br)ccc2I)cc1Cl. The Labute approximate surface area is 134 Å². The van der Waals surface area contributed by atoms with Crippen LogP contribution in [-0.2, 0) is 6.54 Å². The van der Waals surface area contributed by atoms with Gasteiger partial charge in [-0.1, -0.05) is 39.7 Å². The molecule has 1 N–H and O–H groups in total. The van der Waals surface area contributed by atoms with E-state index in [-0.39, 0.29) is 0 Å². The highest BCUT2D eigenvalue weighted by molar-refractivity contribution is 14.1. The molecule has 0 aliphatic heterocycles. The fourth-order valence-corrected chi connectivity index (χ4v) is 2.67. The molecule has 1 nitrogen and oxygen atoms in total. The number of hydrogen-bond donors (Lipinski definition) is 1. The van der Waals surface area contributed by atoms with Crippen LogP contribution in [0.3, 0.4) is 0 Å². The molecule has 94 valence electrons. The summed E-state index contributed by atoms with van der Waals surface area (Å²) in [5.74, 6) is 0. The summed E-state index contributed by atoms with van der Waals surface area (Å²) in [4.78, 5) is 0. The normalized spacial score (nSPS) is 10.4. The molecule has 0 radical (unpaired) electrons. The zero-order valence-electron chi connectivity index (χ0n) is 9.81. The van der Waals surface area contributed by atoms with Crippen molar-refractivity contribution in [2.45, 2.75) is 13.5 Å². The van der Waals surface area contributed by atoms with Gasteiger partial charge in [-0.3, -0.25) is 0 Å². The minimum absolute atomic E-state index is 0.770. The zero-order chi connectivity index (χ0) is 13.1. The maximum Gasteiger partial charge on any atom is 0.0489 e. The molecule has 2 aromatic rings. The van der Waals surface area contributed by atoms with Gasteiger partial charge in [-0.2, -0.15) is 0 Å². The van der Waals surface area contributed by atoms with E-state index in [9.17, 15) is 0 Å². The van der Waals surface area contributed by atoms with Crippen molar-refractivity contribution >= 4 is 55.8 Å². The highest BCUT2D eigenvalue weighted by Crippen LogP contribution is 2.24. The first-order chi connectivity index (χ1) is 8.56. The smallest absolute Gasteiger partial charge is 0.0489 e. The lowest BCUT2D eigenvalue weighted by molar-refractivity contribution is 1.14. The monoisotopic (exact) mass is 435 g/mol. The Morgan fingerprint density at radius 1 is 1.22 bits per heavy atom. The second-order valence-corrected chi connectivity index (χ2v) is 6.55. The Hall–Kier alpha value is -0.260. The summed E-state index contributed by atoms with van der Waals surface area (Å²) in [5, 5.41) is 4.24. The van der Waals surface area contributed by atoms with Crippen LogP contribution in [0.2, 0.25) is 5.02 Å². The number of hydrogen-bond acceptors (Lipinski definition) is 1. The highest BCUT2D eigenvalue weighted by Gasteiger charge is 2.02. The topological polar surface area (TPSA) is 12.0 Å². The number of nitrogens with one attached hydrogen (secondary N) is 1. The summed E-state index contributed by atoms with van der Waals surface area (Å²) in [6.45, 7) is 2.78. The molecule has 0 fully saturated rings. The van der Waals surface area contributed by atoms with E-state index in [0.717, 1.165) is 27.3 Å². The fraction of sp³-hybridized carbons (Fsp3) is 0.143. The fourth-order valence-electron chi connectivity index (χ4n) is 1.58. The van der Waals surface area contributed by atoms with Crippen molar-refractivity contribution in [1.29, 1.82) is 0 Å². The second kappa shape index (κ2) is 6.26. The average Bonchev–Trinajstić information content (AvgIpc) is 2.34. The van der Waals surface area contributed by atoms with Crippen molar-refractivity contribution in [3.05, 3.63) is 60.6 Å². The molecule has 0 heterocycles. The van der Waals surface area contributed by atoms with Crippen LogP contribution in [0.1, 0.15) is 11.1 Å². The average molecular weight is 437 g/mol. The van der Waals surface area contributed by atoms with E-state index in [2.05, 4.69) is 62.0 Å². The lowest BCUT2D eigenvalue weighted by Gasteiger charge is -2.10. The number of rotatable bonds is 3. The first-order valence-corrected chi connectivity index (χ1v) is 7.75. The molecule has 2 rings (SSSR count). The summed E-state index contributed by atoms with van der Waals surface area (Å²) in [6.07, 6.45) is 0. The predicted molar refractivity (Wildman–Crippen MR) is 90.4 cm³/mol. The van der Waals surface area contributed by atoms with Crippen LogP contribution in [0.4, 0.5) is 5.69 Å². The molecule has 0 atom stereocenters. The van der Waals surface area contributed by atoms with Crippen molar-refractivity contribution in [2.24, 2.45) is 0 Å². The van der Waals surface area contributed by atoms with Gasteiger partial charge in [0.2, 0.25) is 0 Å². The number of halogens is 3. The molecular formula is C14H12BrClIN. The quantitative estimate of drug-likeness (QED) is 0.615. The van der Waals surface area contributed by atoms with E-state index in [1.807, 2.05) is 25.1 Å². The van der Waals surface area contributed by atoms with Crippen LogP contribution in [0.5, 0.6) is 0 Å². The van der Waals surface area contributed by atoms with Crippen LogP contribution >= 0.6 is 50.1 Å². The van der Waals surface area contributed by atoms with Crippen molar-refractivity contribution in [3.8, 4) is 0 Å². The van der Waals surface area contributed by atoms with Gasteiger partial charge in [0.1, 0.15) is 0 Å². The lowest BCUT2D eigenvalue weighted by atomic mass is 10.1. The Morgan fingerprint density at radius 2 is 2.00 bits per heavy atom. The third-order valence-corrected chi connectivity index (χ3v) is 4.49. The molecule has 0 bridgehead atoms. The van der Waals surface area contributed by atoms with Gasteiger partial charge >= 0.3 is 0 Å². The van der Waals surface area contributed by atoms with E-state index in [4.69, 9.17) is 11.6 Å². The van der Waals surface area contributed by atoms with E-state index in [1.54, 1.807) is 0 Å². The summed E-state index contributed by atoms with van der Waals surface area (Å²) in [5.41, 5.74) is 3.42. The predicted octanol–water partition coefficient (Wildman–Crippen LogP) is 5.63. The third kappa shape index (κ3) is 3.62. The van der Waals surface area contributed by atoms with E-state index in [1.165, 1.54) is 9.13 Å². The molecule has 2 aromatic carbocycles. The van der Waals surface area contributed by atoms with Crippen LogP contribution < -0.4 is 5.32 Å². The molecule has 0 aliphatic rings. The van der Waals surface area contributed by atoms with Gasteiger partial charge in [-0.15, -0.1) is 0 Å². The molecule has 0 spiro atoms. The van der Waals surface area contributed by atoms with Gasteiger partial charge in [0.15, 0.2) is 0 Å². The largest absolute Gasteiger partial charge is 0.380 e. The van der Waals surface area contributed by atoms with Crippen LogP contribution in [0, 0.1) is 10.5 Å². The van der Waals surface area contributed by atoms with E-state index >= 15 is 0 Å². The summed E-state index contributed by atoms with van der Waals surface area (Å²) >= 11 is 11.9. The highest BCUT2D eigenvalue weighted by atomic mass is 127. The molecule has 4 heteroatoms. The molecule has 0 aliphatic carbocycles. The van der Waals surface area contributed by atoms with Crippen molar-refractivity contribution < 1.29 is 0 Å². The molecule has 0 saturated heterocycles. The maximum atomic E-state index is 6.12. The summed E-state index contributed by atoms with van der Waals surface area (Å²) in [6, 6.07) is 12.3. The summed E-state index contributed by atoms with van der Waals surface area (Å²) in [7, 11) is 0. The minimum atomic E-state index is 0.770. The Morgan fingerprint density at radius 3 is 2.72 bits per heavy atom. The Kier molecular flexibility index (Phi) is 4.92. The van der Waals surface area contributed by atoms with Crippen LogP contribution in [0.15, 0.2) is 40.9 Å². The van der Waals surface area contributed by atoms with E-state index in [0.29, 0.717) is 0 Å². The van der Waals surface area contributed by atoms with Gasteiger partial charge in [0, 0.05) is 25.3 Å². The molecule has 0 unspecified atom stereocenters. The number of benzene rings is 2. The van der Waals surface area contributed by atoms with Crippen molar-refractivity contribution in [3.63, 3.8) is 0 Å². The van der Waals surface area contributed by atoms with Gasteiger partial charge in [-0.05, 0) is 64.9 Å². The number of aryl methyl sites for hydroxylation is 1. The lowest BCUT2D eigenvalue weighted by Crippen LogP contribution is -2.01. The summed E-state index contributed by atoms with van der Waals surface area (Å²) < 4.78 is 2.28. The molecule has 0 saturated carbocycles. The third-order valence-electron chi connectivity index (χ3n) is 2.65. The Balaban J connectivity index is 2.11. The second-order valence-electron chi connectivity index (χ2n) is 4.06. The molecule has 0 amide bonds. The van der Waals surface area contributed by atoms with Crippen molar-refractivity contribution in [2.75, 3.05) is 5.32 Å². The standard InChI is InChI=1S/C14H12BrClIN/c1-9-2-3-10(6-12(9)16)8-18-14-7-11(15)4-5-13(14)17/h2-7,18H,8H2,1H3. The maximum absolute atomic E-state index is 6.12. The molecular weight excluding hydrogens is 424 g/mol. The van der Waals surface area contributed by atoms with Gasteiger partial charge < -0.3 is 5.32 Å². The van der Waals surface area contributed by atoms with E-state index < -0.39 is 0 Å². The van der Waals surface area contributed by atoms with Crippen molar-refractivity contribution in [1.82, 2.24) is 0 Å². The Bertz CT molecular complexity index is 572. The zero-order valence-corrected chi connectivity index (χ0v) is 14.3. The van der Waals surface area contributed by atoms with Gasteiger partial charge in [-0.25, -0.2) is 0 Å². The minimum Gasteiger partial charge on any atom is -0.380 e. The molecule has 0 aromatic heterocycles. The first kappa shape index (κ1) is 14.2. The molecule has 18 heavy (non-hydrogen) atoms.